The van der Waals surface area contributed by atoms with Crippen LogP contribution >= 0.6 is 11.6 Å². The molecule has 2 aromatic carbocycles. The molecule has 0 aliphatic heterocycles. The van der Waals surface area contributed by atoms with Gasteiger partial charge in [0.25, 0.3) is 5.91 Å². The van der Waals surface area contributed by atoms with Gasteiger partial charge < -0.3 is 4.74 Å². The van der Waals surface area contributed by atoms with Crippen LogP contribution in [-0.2, 0) is 4.79 Å². The molecule has 0 aliphatic rings. The van der Waals surface area contributed by atoms with Crippen LogP contribution in [0, 0.1) is 0 Å². The van der Waals surface area contributed by atoms with Crippen LogP contribution in [0.15, 0.2) is 59.7 Å². The number of benzene rings is 2. The molecular weight excluding hydrogens is 288 g/mol. The summed E-state index contributed by atoms with van der Waals surface area (Å²) >= 11 is 5.98. The number of rotatable bonds is 5. The van der Waals surface area contributed by atoms with E-state index < -0.39 is 6.10 Å². The van der Waals surface area contributed by atoms with Gasteiger partial charge in [-0.15, -0.1) is 0 Å². The first kappa shape index (κ1) is 15.1. The number of ether oxygens (including phenoxy) is 1. The molecule has 0 saturated heterocycles. The molecule has 0 fully saturated rings. The Labute approximate surface area is 128 Å². The van der Waals surface area contributed by atoms with Crippen LogP contribution in [0.1, 0.15) is 12.5 Å². The molecular formula is C16H15ClN2O2. The van der Waals surface area contributed by atoms with E-state index >= 15 is 0 Å². The van der Waals surface area contributed by atoms with Crippen molar-refractivity contribution in [2.24, 2.45) is 5.10 Å². The Morgan fingerprint density at radius 3 is 2.57 bits per heavy atom. The van der Waals surface area contributed by atoms with Gasteiger partial charge in [-0.3, -0.25) is 4.79 Å². The molecule has 0 bridgehead atoms. The fourth-order valence-corrected chi connectivity index (χ4v) is 1.78. The largest absolute Gasteiger partial charge is 0.481 e. The van der Waals surface area contributed by atoms with E-state index in [1.165, 1.54) is 6.21 Å². The Bertz CT molecular complexity index is 629. The molecule has 108 valence electrons. The van der Waals surface area contributed by atoms with E-state index in [9.17, 15) is 4.79 Å². The quantitative estimate of drug-likeness (QED) is 0.681. The number of hydrazone groups is 1. The van der Waals surface area contributed by atoms with Crippen LogP contribution in [0.4, 0.5) is 0 Å². The molecule has 4 nitrogen and oxygen atoms in total. The van der Waals surface area contributed by atoms with Crippen molar-refractivity contribution in [1.29, 1.82) is 0 Å². The second-order valence-corrected chi connectivity index (χ2v) is 4.74. The van der Waals surface area contributed by atoms with Gasteiger partial charge in [-0.1, -0.05) is 48.0 Å². The van der Waals surface area contributed by atoms with Crippen molar-refractivity contribution < 1.29 is 9.53 Å². The van der Waals surface area contributed by atoms with Crippen LogP contribution in [0.3, 0.4) is 0 Å². The maximum Gasteiger partial charge on any atom is 0.280 e. The maximum atomic E-state index is 11.8. The molecule has 1 atom stereocenters. The van der Waals surface area contributed by atoms with E-state index in [4.69, 9.17) is 16.3 Å². The molecule has 1 N–H and O–H groups in total. The van der Waals surface area contributed by atoms with Crippen molar-refractivity contribution in [3.63, 3.8) is 0 Å². The first-order chi connectivity index (χ1) is 10.2. The van der Waals surface area contributed by atoms with Crippen LogP contribution in [0.5, 0.6) is 5.75 Å². The van der Waals surface area contributed by atoms with Gasteiger partial charge in [0, 0.05) is 10.6 Å². The number of para-hydroxylation sites is 1. The van der Waals surface area contributed by atoms with Crippen molar-refractivity contribution in [1.82, 2.24) is 5.43 Å². The summed E-state index contributed by atoms with van der Waals surface area (Å²) in [5.41, 5.74) is 3.16. The SMILES string of the molecule is CC(Oc1ccccc1)C(=O)N/N=C/c1ccccc1Cl. The zero-order valence-corrected chi connectivity index (χ0v) is 12.2. The summed E-state index contributed by atoms with van der Waals surface area (Å²) in [6.45, 7) is 1.66. The van der Waals surface area contributed by atoms with E-state index in [1.807, 2.05) is 36.4 Å². The van der Waals surface area contributed by atoms with E-state index in [0.717, 1.165) is 5.56 Å². The summed E-state index contributed by atoms with van der Waals surface area (Å²) in [6.07, 6.45) is 0.853. The van der Waals surface area contributed by atoms with Crippen LogP contribution in [0.2, 0.25) is 5.02 Å². The molecule has 1 amide bonds. The number of amides is 1. The summed E-state index contributed by atoms with van der Waals surface area (Å²) < 4.78 is 5.49. The van der Waals surface area contributed by atoms with Crippen molar-refractivity contribution in [3.05, 3.63) is 65.2 Å². The minimum Gasteiger partial charge on any atom is -0.481 e. The van der Waals surface area contributed by atoms with Gasteiger partial charge in [-0.05, 0) is 25.1 Å². The van der Waals surface area contributed by atoms with Gasteiger partial charge in [0.2, 0.25) is 0 Å². The Kier molecular flexibility index (Phi) is 5.35. The third-order valence-corrected chi connectivity index (χ3v) is 3.05. The Hall–Kier alpha value is -2.33. The molecule has 2 rings (SSSR count). The number of carbonyl (C=O) groups excluding carboxylic acids is 1. The molecule has 2 aromatic rings. The lowest BCUT2D eigenvalue weighted by Crippen LogP contribution is -2.33. The molecule has 0 aromatic heterocycles. The molecule has 21 heavy (non-hydrogen) atoms. The number of hydrogen-bond donors (Lipinski definition) is 1. The second-order valence-electron chi connectivity index (χ2n) is 4.33. The zero-order valence-electron chi connectivity index (χ0n) is 11.5. The van der Waals surface area contributed by atoms with Crippen molar-refractivity contribution in [2.75, 3.05) is 0 Å². The van der Waals surface area contributed by atoms with Crippen LogP contribution < -0.4 is 10.2 Å². The highest BCUT2D eigenvalue weighted by molar-refractivity contribution is 6.33. The first-order valence-corrected chi connectivity index (χ1v) is 6.84. The highest BCUT2D eigenvalue weighted by atomic mass is 35.5. The van der Waals surface area contributed by atoms with Gasteiger partial charge in [0.15, 0.2) is 6.10 Å². The highest BCUT2D eigenvalue weighted by Gasteiger charge is 2.13. The Morgan fingerprint density at radius 1 is 1.19 bits per heavy atom. The topological polar surface area (TPSA) is 50.7 Å². The fraction of sp³-hybridized carbons (Fsp3) is 0.125. The smallest absolute Gasteiger partial charge is 0.280 e. The number of hydrogen-bond acceptors (Lipinski definition) is 3. The number of nitrogens with one attached hydrogen (secondary N) is 1. The number of carbonyl (C=O) groups is 1. The van der Waals surface area contributed by atoms with Gasteiger partial charge in [-0.25, -0.2) is 5.43 Å². The highest BCUT2D eigenvalue weighted by Crippen LogP contribution is 2.12. The minimum absolute atomic E-state index is 0.331. The lowest BCUT2D eigenvalue weighted by atomic mass is 10.2. The molecule has 0 saturated carbocycles. The Balaban J connectivity index is 1.88. The van der Waals surface area contributed by atoms with E-state index in [1.54, 1.807) is 25.1 Å². The monoisotopic (exact) mass is 302 g/mol. The Morgan fingerprint density at radius 2 is 1.86 bits per heavy atom. The molecule has 1 unspecified atom stereocenters. The van der Waals surface area contributed by atoms with Crippen molar-refractivity contribution >= 4 is 23.7 Å². The summed E-state index contributed by atoms with van der Waals surface area (Å²) in [7, 11) is 0. The lowest BCUT2D eigenvalue weighted by molar-refractivity contribution is -0.127. The standard InChI is InChI=1S/C16H15ClN2O2/c1-12(21-14-8-3-2-4-9-14)16(20)19-18-11-13-7-5-6-10-15(13)17/h2-12H,1H3,(H,19,20)/b18-11+. The molecule has 0 aliphatic carbocycles. The normalized spacial score (nSPS) is 12.1. The molecule has 0 spiro atoms. The van der Waals surface area contributed by atoms with Crippen LogP contribution in [-0.4, -0.2) is 18.2 Å². The third-order valence-electron chi connectivity index (χ3n) is 2.71. The summed E-state index contributed by atoms with van der Waals surface area (Å²) in [4.78, 5) is 11.8. The van der Waals surface area contributed by atoms with Gasteiger partial charge in [0.05, 0.1) is 6.21 Å². The minimum atomic E-state index is -0.643. The predicted molar refractivity (Wildman–Crippen MR) is 83.7 cm³/mol. The number of halogens is 1. The summed E-state index contributed by atoms with van der Waals surface area (Å²) in [5.74, 6) is 0.303. The summed E-state index contributed by atoms with van der Waals surface area (Å²) in [6, 6.07) is 16.4. The van der Waals surface area contributed by atoms with Crippen molar-refractivity contribution in [3.8, 4) is 5.75 Å². The zero-order chi connectivity index (χ0) is 15.1. The second kappa shape index (κ2) is 7.45. The van der Waals surface area contributed by atoms with Gasteiger partial charge in [-0.2, -0.15) is 5.10 Å². The molecule has 0 radical (unpaired) electrons. The van der Waals surface area contributed by atoms with Crippen molar-refractivity contribution in [2.45, 2.75) is 13.0 Å². The average Bonchev–Trinajstić information content (AvgIpc) is 2.50. The van der Waals surface area contributed by atoms with Gasteiger partial charge >= 0.3 is 0 Å². The van der Waals surface area contributed by atoms with Crippen LogP contribution in [0.25, 0.3) is 0 Å². The maximum absolute atomic E-state index is 11.8. The van der Waals surface area contributed by atoms with E-state index in [2.05, 4.69) is 10.5 Å². The van der Waals surface area contributed by atoms with Gasteiger partial charge in [0.1, 0.15) is 5.75 Å². The summed E-state index contributed by atoms with van der Waals surface area (Å²) in [5, 5.41) is 4.45. The lowest BCUT2D eigenvalue weighted by Gasteiger charge is -2.12. The first-order valence-electron chi connectivity index (χ1n) is 6.46. The third kappa shape index (κ3) is 4.61. The fourth-order valence-electron chi connectivity index (χ4n) is 1.59. The van der Waals surface area contributed by atoms with E-state index in [0.29, 0.717) is 10.8 Å². The van der Waals surface area contributed by atoms with E-state index in [-0.39, 0.29) is 5.91 Å². The molecule has 5 heteroatoms. The molecule has 0 heterocycles. The average molecular weight is 303 g/mol. The number of nitrogens with zero attached hydrogens (tertiary/aromatic N) is 1. The predicted octanol–water partition coefficient (Wildman–Crippen LogP) is 3.26.